The van der Waals surface area contributed by atoms with Crippen molar-refractivity contribution in [3.8, 4) is 0 Å². The van der Waals surface area contributed by atoms with Crippen LogP contribution in [0, 0.1) is 0 Å². The van der Waals surface area contributed by atoms with E-state index in [1.165, 1.54) is 0 Å². The lowest BCUT2D eigenvalue weighted by Gasteiger charge is -2.23. The average molecular weight is 205 g/mol. The van der Waals surface area contributed by atoms with Gasteiger partial charge in [-0.1, -0.05) is 0 Å². The van der Waals surface area contributed by atoms with Crippen molar-refractivity contribution >= 4 is 5.91 Å². The van der Waals surface area contributed by atoms with Crippen molar-refractivity contribution in [2.45, 2.75) is 18.9 Å². The number of carbonyl (C=O) groups excluding carboxylic acids is 1. The van der Waals surface area contributed by atoms with Gasteiger partial charge in [-0.2, -0.15) is 0 Å². The molecular formula is C11H15N3O. The van der Waals surface area contributed by atoms with E-state index in [1.54, 1.807) is 24.5 Å². The Balaban J connectivity index is 2.14. The molecule has 1 fully saturated rings. The molecule has 1 saturated heterocycles. The molecule has 0 radical (unpaired) electrons. The third kappa shape index (κ3) is 1.99. The van der Waals surface area contributed by atoms with Crippen LogP contribution in [-0.2, 0) is 0 Å². The van der Waals surface area contributed by atoms with E-state index in [4.69, 9.17) is 5.73 Å². The van der Waals surface area contributed by atoms with Crippen LogP contribution >= 0.6 is 0 Å². The van der Waals surface area contributed by atoms with Crippen LogP contribution in [-0.4, -0.2) is 34.9 Å². The molecule has 1 aromatic rings. The van der Waals surface area contributed by atoms with E-state index in [0.29, 0.717) is 12.1 Å². The summed E-state index contributed by atoms with van der Waals surface area (Å²) < 4.78 is 0. The molecule has 1 aliphatic rings. The molecule has 1 unspecified atom stereocenters. The first-order valence-corrected chi connectivity index (χ1v) is 5.24. The van der Waals surface area contributed by atoms with Crippen LogP contribution in [0.3, 0.4) is 0 Å². The third-order valence-corrected chi connectivity index (χ3v) is 2.84. The summed E-state index contributed by atoms with van der Waals surface area (Å²) in [5.41, 5.74) is 6.33. The molecule has 2 heterocycles. The predicted molar refractivity (Wildman–Crippen MR) is 57.3 cm³/mol. The van der Waals surface area contributed by atoms with Crippen molar-refractivity contribution in [3.63, 3.8) is 0 Å². The summed E-state index contributed by atoms with van der Waals surface area (Å²) in [6.45, 7) is 1.37. The van der Waals surface area contributed by atoms with E-state index >= 15 is 0 Å². The number of carbonyl (C=O) groups is 1. The molecule has 0 aliphatic carbocycles. The standard InChI is InChI=1S/C11H15N3O/c12-8-10-2-1-7-14(10)11(15)9-3-5-13-6-4-9/h3-6,10H,1-2,7-8,12H2. The molecule has 1 aliphatic heterocycles. The number of pyridine rings is 1. The van der Waals surface area contributed by atoms with Crippen molar-refractivity contribution in [1.29, 1.82) is 0 Å². The third-order valence-electron chi connectivity index (χ3n) is 2.84. The normalized spacial score (nSPS) is 20.6. The van der Waals surface area contributed by atoms with Crippen LogP contribution in [0.2, 0.25) is 0 Å². The van der Waals surface area contributed by atoms with Gasteiger partial charge >= 0.3 is 0 Å². The lowest BCUT2D eigenvalue weighted by molar-refractivity contribution is 0.0741. The van der Waals surface area contributed by atoms with E-state index in [1.807, 2.05) is 4.90 Å². The number of nitrogens with zero attached hydrogens (tertiary/aromatic N) is 2. The van der Waals surface area contributed by atoms with Gasteiger partial charge in [0.15, 0.2) is 0 Å². The smallest absolute Gasteiger partial charge is 0.254 e. The second-order valence-corrected chi connectivity index (χ2v) is 3.77. The van der Waals surface area contributed by atoms with Gasteiger partial charge in [0.05, 0.1) is 0 Å². The summed E-state index contributed by atoms with van der Waals surface area (Å²) in [6, 6.07) is 3.70. The molecule has 1 amide bonds. The fraction of sp³-hybridized carbons (Fsp3) is 0.455. The van der Waals surface area contributed by atoms with Gasteiger partial charge in [-0.15, -0.1) is 0 Å². The molecular weight excluding hydrogens is 190 g/mol. The molecule has 0 spiro atoms. The predicted octanol–water partition coefficient (Wildman–Crippen LogP) is 0.645. The maximum Gasteiger partial charge on any atom is 0.254 e. The average Bonchev–Trinajstić information content (AvgIpc) is 2.77. The molecule has 1 aromatic heterocycles. The van der Waals surface area contributed by atoms with Crippen LogP contribution < -0.4 is 5.73 Å². The zero-order valence-electron chi connectivity index (χ0n) is 8.60. The van der Waals surface area contributed by atoms with Crippen LogP contribution in [0.4, 0.5) is 0 Å². The first kappa shape index (κ1) is 10.1. The second kappa shape index (κ2) is 4.40. The molecule has 4 nitrogen and oxygen atoms in total. The van der Waals surface area contributed by atoms with Crippen LogP contribution in [0.15, 0.2) is 24.5 Å². The fourth-order valence-corrected chi connectivity index (χ4v) is 2.01. The Labute approximate surface area is 89.1 Å². The van der Waals surface area contributed by atoms with E-state index in [0.717, 1.165) is 19.4 Å². The van der Waals surface area contributed by atoms with E-state index in [2.05, 4.69) is 4.98 Å². The number of amides is 1. The molecule has 1 atom stereocenters. The largest absolute Gasteiger partial charge is 0.334 e. The Bertz CT molecular complexity index is 339. The van der Waals surface area contributed by atoms with Crippen molar-refractivity contribution < 1.29 is 4.79 Å². The zero-order chi connectivity index (χ0) is 10.7. The highest BCUT2D eigenvalue weighted by molar-refractivity contribution is 5.94. The summed E-state index contributed by atoms with van der Waals surface area (Å²) in [4.78, 5) is 17.8. The highest BCUT2D eigenvalue weighted by Crippen LogP contribution is 2.18. The maximum atomic E-state index is 12.1. The number of aromatic nitrogens is 1. The van der Waals surface area contributed by atoms with Gasteiger partial charge in [0.1, 0.15) is 0 Å². The van der Waals surface area contributed by atoms with E-state index in [9.17, 15) is 4.79 Å². The quantitative estimate of drug-likeness (QED) is 0.771. The fourth-order valence-electron chi connectivity index (χ4n) is 2.01. The minimum absolute atomic E-state index is 0.0744. The highest BCUT2D eigenvalue weighted by atomic mass is 16.2. The van der Waals surface area contributed by atoms with Gasteiger partial charge in [-0.25, -0.2) is 0 Å². The number of nitrogens with two attached hydrogens (primary N) is 1. The lowest BCUT2D eigenvalue weighted by Crippen LogP contribution is -2.39. The summed E-state index contributed by atoms with van der Waals surface area (Å²) in [6.07, 6.45) is 5.35. The Kier molecular flexibility index (Phi) is 2.97. The van der Waals surface area contributed by atoms with Crippen molar-refractivity contribution in [2.75, 3.05) is 13.1 Å². The first-order chi connectivity index (χ1) is 7.33. The SMILES string of the molecule is NCC1CCCN1C(=O)c1ccncc1. The van der Waals surface area contributed by atoms with Crippen LogP contribution in [0.5, 0.6) is 0 Å². The Hall–Kier alpha value is -1.42. The second-order valence-electron chi connectivity index (χ2n) is 3.77. The number of rotatable bonds is 2. The summed E-state index contributed by atoms with van der Waals surface area (Å²) in [5.74, 6) is 0.0744. The highest BCUT2D eigenvalue weighted by Gasteiger charge is 2.27. The molecule has 80 valence electrons. The monoisotopic (exact) mass is 205 g/mol. The first-order valence-electron chi connectivity index (χ1n) is 5.24. The van der Waals surface area contributed by atoms with E-state index < -0.39 is 0 Å². The van der Waals surface area contributed by atoms with Gasteiger partial charge in [0, 0.05) is 37.1 Å². The summed E-state index contributed by atoms with van der Waals surface area (Å²) in [7, 11) is 0. The number of hydrogen-bond donors (Lipinski definition) is 1. The van der Waals surface area contributed by atoms with Gasteiger partial charge in [-0.05, 0) is 25.0 Å². The summed E-state index contributed by atoms with van der Waals surface area (Å²) >= 11 is 0. The molecule has 4 heteroatoms. The topological polar surface area (TPSA) is 59.2 Å². The number of hydrogen-bond acceptors (Lipinski definition) is 3. The molecule has 0 aromatic carbocycles. The summed E-state index contributed by atoms with van der Waals surface area (Å²) in [5, 5.41) is 0. The van der Waals surface area contributed by atoms with Gasteiger partial charge in [0.25, 0.3) is 5.91 Å². The van der Waals surface area contributed by atoms with Gasteiger partial charge in [-0.3, -0.25) is 9.78 Å². The molecule has 2 rings (SSSR count). The Morgan fingerprint density at radius 2 is 2.27 bits per heavy atom. The number of likely N-dealkylation sites (tertiary alicyclic amines) is 1. The Morgan fingerprint density at radius 3 is 2.93 bits per heavy atom. The molecule has 0 saturated carbocycles. The zero-order valence-corrected chi connectivity index (χ0v) is 8.60. The minimum Gasteiger partial charge on any atom is -0.334 e. The van der Waals surface area contributed by atoms with Crippen molar-refractivity contribution in [3.05, 3.63) is 30.1 Å². The van der Waals surface area contributed by atoms with Gasteiger partial charge in [0.2, 0.25) is 0 Å². The molecule has 0 bridgehead atoms. The van der Waals surface area contributed by atoms with Gasteiger partial charge < -0.3 is 10.6 Å². The van der Waals surface area contributed by atoms with Crippen molar-refractivity contribution in [2.24, 2.45) is 5.73 Å². The Morgan fingerprint density at radius 1 is 1.53 bits per heavy atom. The molecule has 2 N–H and O–H groups in total. The molecule has 15 heavy (non-hydrogen) atoms. The van der Waals surface area contributed by atoms with Crippen LogP contribution in [0.1, 0.15) is 23.2 Å². The van der Waals surface area contributed by atoms with Crippen molar-refractivity contribution in [1.82, 2.24) is 9.88 Å². The van der Waals surface area contributed by atoms with Crippen LogP contribution in [0.25, 0.3) is 0 Å². The lowest BCUT2D eigenvalue weighted by atomic mass is 10.2. The maximum absolute atomic E-state index is 12.1. The van der Waals surface area contributed by atoms with E-state index in [-0.39, 0.29) is 11.9 Å². The minimum atomic E-state index is 0.0744.